The van der Waals surface area contributed by atoms with Gasteiger partial charge in [-0.3, -0.25) is 0 Å². The molecule has 0 saturated carbocycles. The lowest BCUT2D eigenvalue weighted by Gasteiger charge is -2.07. The van der Waals surface area contributed by atoms with Gasteiger partial charge in [0.25, 0.3) is 0 Å². The summed E-state index contributed by atoms with van der Waals surface area (Å²) in [5.74, 6) is 0.601. The number of hydrogen-bond acceptors (Lipinski definition) is 3. The first-order chi connectivity index (χ1) is 10.2. The highest BCUT2D eigenvalue weighted by Crippen LogP contribution is 2.31. The van der Waals surface area contributed by atoms with Gasteiger partial charge < -0.3 is 4.74 Å². The molecular formula is C16H10Cl2N2O. The lowest BCUT2D eigenvalue weighted by atomic mass is 10.1. The number of ether oxygens (including phenoxy) is 1. The summed E-state index contributed by atoms with van der Waals surface area (Å²) in [7, 11) is 0. The quantitative estimate of drug-likeness (QED) is 0.614. The van der Waals surface area contributed by atoms with Crippen molar-refractivity contribution in [2.45, 2.75) is 13.2 Å². The Hall–Kier alpha value is -1.68. The van der Waals surface area contributed by atoms with Gasteiger partial charge in [0.1, 0.15) is 5.15 Å². The maximum atomic E-state index is 6.27. The zero-order valence-corrected chi connectivity index (χ0v) is 12.4. The van der Waals surface area contributed by atoms with Crippen LogP contribution < -0.4 is 0 Å². The molecule has 3 nitrogen and oxygen atoms in total. The Morgan fingerprint density at radius 3 is 2.71 bits per heavy atom. The summed E-state index contributed by atoms with van der Waals surface area (Å²) >= 11 is 12.4. The highest BCUT2D eigenvalue weighted by Gasteiger charge is 2.15. The van der Waals surface area contributed by atoms with Gasteiger partial charge in [-0.25, -0.2) is 9.97 Å². The number of fused-ring (bicyclic) bond motifs is 2. The van der Waals surface area contributed by atoms with Crippen LogP contribution in [0.1, 0.15) is 11.1 Å². The Morgan fingerprint density at radius 1 is 0.952 bits per heavy atom. The molecule has 4 rings (SSSR count). The number of aromatic nitrogens is 2. The summed E-state index contributed by atoms with van der Waals surface area (Å²) in [6.45, 7) is 1.31. The van der Waals surface area contributed by atoms with Gasteiger partial charge in [-0.2, -0.15) is 0 Å². The minimum atomic E-state index is 0.373. The van der Waals surface area contributed by atoms with E-state index in [0.717, 1.165) is 11.1 Å². The van der Waals surface area contributed by atoms with Crippen molar-refractivity contribution >= 4 is 34.1 Å². The third kappa shape index (κ3) is 2.18. The smallest absolute Gasteiger partial charge is 0.161 e. The van der Waals surface area contributed by atoms with E-state index in [0.29, 0.717) is 34.6 Å². The molecule has 2 heterocycles. The topological polar surface area (TPSA) is 35.0 Å². The van der Waals surface area contributed by atoms with E-state index in [1.54, 1.807) is 6.07 Å². The van der Waals surface area contributed by atoms with Gasteiger partial charge >= 0.3 is 0 Å². The molecule has 0 bridgehead atoms. The molecule has 0 atom stereocenters. The molecule has 0 radical (unpaired) electrons. The predicted octanol–water partition coefficient (Wildman–Crippen LogP) is 4.63. The Kier molecular flexibility index (Phi) is 3.07. The largest absolute Gasteiger partial charge is 0.372 e. The van der Waals surface area contributed by atoms with Crippen LogP contribution in [0.3, 0.4) is 0 Å². The molecule has 0 aliphatic carbocycles. The number of benzene rings is 2. The molecule has 1 aliphatic rings. The highest BCUT2D eigenvalue weighted by molar-refractivity contribution is 6.41. The standard InChI is InChI=1S/C16H10Cl2N2O/c17-12-2-1-3-13-14(12)15(18)20-16(19-13)9-4-5-10-7-21-8-11(10)6-9/h1-6H,7-8H2. The van der Waals surface area contributed by atoms with Gasteiger partial charge in [0.05, 0.1) is 29.1 Å². The van der Waals surface area contributed by atoms with E-state index >= 15 is 0 Å². The summed E-state index contributed by atoms with van der Waals surface area (Å²) < 4.78 is 5.43. The van der Waals surface area contributed by atoms with E-state index in [-0.39, 0.29) is 0 Å². The van der Waals surface area contributed by atoms with Crippen molar-refractivity contribution in [3.63, 3.8) is 0 Å². The van der Waals surface area contributed by atoms with Gasteiger partial charge in [0.2, 0.25) is 0 Å². The minimum absolute atomic E-state index is 0.373. The van der Waals surface area contributed by atoms with Crippen molar-refractivity contribution in [3.8, 4) is 11.4 Å². The van der Waals surface area contributed by atoms with Crippen LogP contribution in [0.5, 0.6) is 0 Å². The van der Waals surface area contributed by atoms with Gasteiger partial charge in [-0.1, -0.05) is 41.4 Å². The van der Waals surface area contributed by atoms with Crippen LogP contribution in [-0.2, 0) is 18.0 Å². The molecule has 0 N–H and O–H groups in total. The maximum absolute atomic E-state index is 6.27. The average molecular weight is 317 g/mol. The fraction of sp³-hybridized carbons (Fsp3) is 0.125. The van der Waals surface area contributed by atoms with Crippen molar-refractivity contribution in [2.75, 3.05) is 0 Å². The summed E-state index contributed by atoms with van der Waals surface area (Å²) in [4.78, 5) is 8.96. The fourth-order valence-electron chi connectivity index (χ4n) is 2.54. The van der Waals surface area contributed by atoms with Crippen LogP contribution in [0.2, 0.25) is 10.2 Å². The van der Waals surface area contributed by atoms with Crippen molar-refractivity contribution in [3.05, 3.63) is 57.7 Å². The minimum Gasteiger partial charge on any atom is -0.372 e. The van der Waals surface area contributed by atoms with Gasteiger partial charge in [-0.15, -0.1) is 0 Å². The molecule has 1 aliphatic heterocycles. The second-order valence-corrected chi connectivity index (χ2v) is 5.71. The van der Waals surface area contributed by atoms with Crippen LogP contribution in [0.25, 0.3) is 22.3 Å². The SMILES string of the molecule is Clc1cccc2nc(-c3ccc4c(c3)COC4)nc(Cl)c12. The van der Waals surface area contributed by atoms with Crippen molar-refractivity contribution < 1.29 is 4.74 Å². The Labute approximate surface area is 131 Å². The second kappa shape index (κ2) is 4.95. The predicted molar refractivity (Wildman–Crippen MR) is 83.5 cm³/mol. The third-order valence-electron chi connectivity index (χ3n) is 3.61. The van der Waals surface area contributed by atoms with Crippen LogP contribution in [0.15, 0.2) is 36.4 Å². The Balaban J connectivity index is 1.91. The first-order valence-electron chi connectivity index (χ1n) is 6.54. The number of rotatable bonds is 1. The monoisotopic (exact) mass is 316 g/mol. The summed E-state index contributed by atoms with van der Waals surface area (Å²) in [5.41, 5.74) is 4.07. The first-order valence-corrected chi connectivity index (χ1v) is 7.29. The molecule has 5 heteroatoms. The second-order valence-electron chi connectivity index (χ2n) is 4.95. The van der Waals surface area contributed by atoms with Gasteiger partial charge in [-0.05, 0) is 29.3 Å². The highest BCUT2D eigenvalue weighted by atomic mass is 35.5. The zero-order chi connectivity index (χ0) is 14.4. The molecule has 0 spiro atoms. The molecule has 1 aromatic heterocycles. The molecule has 21 heavy (non-hydrogen) atoms. The van der Waals surface area contributed by atoms with Crippen molar-refractivity contribution in [1.29, 1.82) is 0 Å². The Bertz CT molecular complexity index is 864. The van der Waals surface area contributed by atoms with Crippen LogP contribution in [-0.4, -0.2) is 9.97 Å². The first kappa shape index (κ1) is 13.0. The zero-order valence-electron chi connectivity index (χ0n) is 10.9. The van der Waals surface area contributed by atoms with Crippen LogP contribution in [0, 0.1) is 0 Å². The molecule has 2 aromatic carbocycles. The van der Waals surface area contributed by atoms with Crippen LogP contribution >= 0.6 is 23.2 Å². The third-order valence-corrected chi connectivity index (χ3v) is 4.20. The molecular weight excluding hydrogens is 307 g/mol. The number of hydrogen-bond donors (Lipinski definition) is 0. The lowest BCUT2D eigenvalue weighted by molar-refractivity contribution is 0.134. The van der Waals surface area contributed by atoms with Crippen molar-refractivity contribution in [2.24, 2.45) is 0 Å². The van der Waals surface area contributed by atoms with E-state index in [1.807, 2.05) is 18.2 Å². The molecule has 0 amide bonds. The van der Waals surface area contributed by atoms with E-state index in [1.165, 1.54) is 11.1 Å². The average Bonchev–Trinajstić information content (AvgIpc) is 2.94. The normalized spacial score (nSPS) is 13.6. The molecule has 3 aromatic rings. The van der Waals surface area contributed by atoms with Crippen molar-refractivity contribution in [1.82, 2.24) is 9.97 Å². The summed E-state index contributed by atoms with van der Waals surface area (Å²) in [6, 6.07) is 11.6. The Morgan fingerprint density at radius 2 is 1.81 bits per heavy atom. The summed E-state index contributed by atoms with van der Waals surface area (Å²) in [6.07, 6.45) is 0. The number of halogens is 2. The molecule has 0 fully saturated rings. The van der Waals surface area contributed by atoms with Gasteiger partial charge in [0, 0.05) is 5.56 Å². The number of nitrogens with zero attached hydrogens (tertiary/aromatic N) is 2. The van der Waals surface area contributed by atoms with E-state index in [2.05, 4.69) is 22.1 Å². The molecule has 0 saturated heterocycles. The van der Waals surface area contributed by atoms with E-state index in [4.69, 9.17) is 27.9 Å². The van der Waals surface area contributed by atoms with Crippen LogP contribution in [0.4, 0.5) is 0 Å². The van der Waals surface area contributed by atoms with E-state index < -0.39 is 0 Å². The lowest BCUT2D eigenvalue weighted by Crippen LogP contribution is -1.93. The molecule has 0 unspecified atom stereocenters. The fourth-order valence-corrected chi connectivity index (χ4v) is 3.12. The molecule has 104 valence electrons. The van der Waals surface area contributed by atoms with Gasteiger partial charge in [0.15, 0.2) is 5.82 Å². The maximum Gasteiger partial charge on any atom is 0.161 e. The summed E-state index contributed by atoms with van der Waals surface area (Å²) in [5, 5.41) is 1.62. The van der Waals surface area contributed by atoms with E-state index in [9.17, 15) is 0 Å².